The Balaban J connectivity index is 1.36. The molecule has 4 aromatic rings. The lowest BCUT2D eigenvalue weighted by Gasteiger charge is -2.55. The number of ether oxygens (including phenoxy) is 1. The zero-order valence-corrected chi connectivity index (χ0v) is 27.5. The number of rotatable bonds is 6. The van der Waals surface area contributed by atoms with E-state index >= 15 is 9.59 Å². The second kappa shape index (κ2) is 11.9. The molecule has 0 spiro atoms. The smallest absolute Gasteiger partial charge is 0.238 e. The lowest BCUT2D eigenvalue weighted by atomic mass is 9.44. The van der Waals surface area contributed by atoms with Crippen LogP contribution in [-0.4, -0.2) is 35.6 Å². The molecule has 0 aromatic heterocycles. The number of imide groups is 1. The number of methoxy groups -OCH3 is 1. The SMILES string of the molecule is C=Cc1ccc(N2C(=O)[C@H]3[C@H](CC=C4[C@H]3C[C@H]3C(=O)C(c5ccccc5)=CC(=O)[C@@]3(c3ccccc3)[C@H]4c3cccc(OC)c3O)C2=O)cc1. The average Bonchev–Trinajstić information content (AvgIpc) is 3.42. The number of nitrogens with zero attached hydrogens (tertiary/aromatic N) is 1. The van der Waals surface area contributed by atoms with Crippen molar-refractivity contribution in [1.82, 2.24) is 0 Å². The molecular formula is C43H35NO6. The summed E-state index contributed by atoms with van der Waals surface area (Å²) >= 11 is 0. The Morgan fingerprint density at radius 2 is 1.54 bits per heavy atom. The molecule has 4 aromatic carbocycles. The highest BCUT2D eigenvalue weighted by Gasteiger charge is 2.66. The van der Waals surface area contributed by atoms with E-state index in [0.717, 1.165) is 11.1 Å². The van der Waals surface area contributed by atoms with Gasteiger partial charge in [0.15, 0.2) is 23.1 Å². The van der Waals surface area contributed by atoms with Crippen LogP contribution < -0.4 is 9.64 Å². The van der Waals surface area contributed by atoms with Crippen molar-refractivity contribution >= 4 is 40.7 Å². The third-order valence-corrected chi connectivity index (χ3v) is 11.3. The zero-order chi connectivity index (χ0) is 34.7. The maximum atomic E-state index is 15.1. The fraction of sp³-hybridized carbons (Fsp3) is 0.209. The van der Waals surface area contributed by atoms with Crippen molar-refractivity contribution in [3.8, 4) is 11.5 Å². The summed E-state index contributed by atoms with van der Waals surface area (Å²) < 4.78 is 5.55. The minimum Gasteiger partial charge on any atom is -0.504 e. The molecule has 1 heterocycles. The summed E-state index contributed by atoms with van der Waals surface area (Å²) in [7, 11) is 1.46. The van der Waals surface area contributed by atoms with Gasteiger partial charge in [0.05, 0.1) is 30.0 Å². The standard InChI is InChI=1S/C43H35NO6/c1-3-25-17-19-28(20-18-25)44-41(48)30-22-21-29-33(37(30)42(44)49)23-34-39(46)32(26-11-6-4-7-12-26)24-36(45)43(34,27-13-8-5-9-14-27)38(29)31-15-10-16-35(50-2)40(31)47/h3-21,24,30,33-34,37-38,47H,1,22-23H2,2H3/t30-,33+,34-,37-,38+,43-/m0/s1. The molecule has 1 aliphatic heterocycles. The predicted octanol–water partition coefficient (Wildman–Crippen LogP) is 7.07. The largest absolute Gasteiger partial charge is 0.504 e. The second-order valence-electron chi connectivity index (χ2n) is 13.5. The number of fused-ring (bicyclic) bond motifs is 4. The summed E-state index contributed by atoms with van der Waals surface area (Å²) in [6.45, 7) is 3.80. The number of amides is 2. The number of aromatic hydroxyl groups is 1. The Kier molecular flexibility index (Phi) is 7.52. The van der Waals surface area contributed by atoms with Crippen LogP contribution in [0.25, 0.3) is 11.6 Å². The van der Waals surface area contributed by atoms with E-state index in [9.17, 15) is 14.7 Å². The highest BCUT2D eigenvalue weighted by Crippen LogP contribution is 2.65. The van der Waals surface area contributed by atoms with Crippen LogP contribution in [-0.2, 0) is 24.6 Å². The molecule has 0 radical (unpaired) electrons. The molecule has 6 atom stereocenters. The van der Waals surface area contributed by atoms with Gasteiger partial charge < -0.3 is 9.84 Å². The van der Waals surface area contributed by atoms with E-state index in [-0.39, 0.29) is 47.7 Å². The molecular weight excluding hydrogens is 626 g/mol. The number of hydrogen-bond donors (Lipinski definition) is 1. The summed E-state index contributed by atoms with van der Waals surface area (Å²) in [4.78, 5) is 60.0. The van der Waals surface area contributed by atoms with Gasteiger partial charge in [-0.3, -0.25) is 24.1 Å². The molecule has 0 bridgehead atoms. The zero-order valence-electron chi connectivity index (χ0n) is 27.5. The number of hydrogen-bond acceptors (Lipinski definition) is 6. The first kappa shape index (κ1) is 31.4. The van der Waals surface area contributed by atoms with E-state index in [2.05, 4.69) is 6.58 Å². The van der Waals surface area contributed by atoms with Crippen LogP contribution >= 0.6 is 0 Å². The molecule has 2 fully saturated rings. The van der Waals surface area contributed by atoms with Gasteiger partial charge in [0.1, 0.15) is 0 Å². The fourth-order valence-corrected chi connectivity index (χ4v) is 9.17. The summed E-state index contributed by atoms with van der Waals surface area (Å²) in [5.74, 6) is -4.63. The molecule has 50 heavy (non-hydrogen) atoms. The normalized spacial score (nSPS) is 27.1. The number of para-hydroxylation sites is 1. The van der Waals surface area contributed by atoms with Gasteiger partial charge in [-0.1, -0.05) is 109 Å². The molecule has 2 amide bonds. The number of allylic oxidation sites excluding steroid dienone is 4. The van der Waals surface area contributed by atoms with Crippen molar-refractivity contribution < 1.29 is 29.0 Å². The number of Topliss-reactive ketones (excluding diaryl/α,β-unsaturated/α-hetero) is 1. The monoisotopic (exact) mass is 661 g/mol. The fourth-order valence-electron chi connectivity index (χ4n) is 9.17. The molecule has 1 saturated carbocycles. The van der Waals surface area contributed by atoms with Crippen LogP contribution in [0.4, 0.5) is 5.69 Å². The minimum absolute atomic E-state index is 0.131. The molecule has 3 aliphatic carbocycles. The van der Waals surface area contributed by atoms with Gasteiger partial charge in [0, 0.05) is 23.0 Å². The molecule has 1 saturated heterocycles. The van der Waals surface area contributed by atoms with E-state index in [0.29, 0.717) is 28.0 Å². The van der Waals surface area contributed by atoms with Crippen molar-refractivity contribution in [1.29, 1.82) is 0 Å². The highest BCUT2D eigenvalue weighted by molar-refractivity contribution is 6.32. The Labute approximate surface area is 290 Å². The van der Waals surface area contributed by atoms with Gasteiger partial charge in [-0.25, -0.2) is 0 Å². The summed E-state index contributed by atoms with van der Waals surface area (Å²) in [6, 6.07) is 30.8. The number of ketones is 2. The van der Waals surface area contributed by atoms with Crippen molar-refractivity contribution in [2.75, 3.05) is 12.0 Å². The average molecular weight is 662 g/mol. The minimum atomic E-state index is -1.44. The quantitative estimate of drug-likeness (QED) is 0.175. The van der Waals surface area contributed by atoms with Crippen molar-refractivity contribution in [2.24, 2.45) is 23.7 Å². The molecule has 7 heteroatoms. The molecule has 248 valence electrons. The van der Waals surface area contributed by atoms with Crippen molar-refractivity contribution in [2.45, 2.75) is 24.2 Å². The Hall–Kier alpha value is -5.82. The van der Waals surface area contributed by atoms with Crippen LogP contribution in [0.15, 0.2) is 127 Å². The maximum absolute atomic E-state index is 15.1. The number of carbonyl (C=O) groups is 4. The van der Waals surface area contributed by atoms with E-state index in [1.807, 2.05) is 78.9 Å². The topological polar surface area (TPSA) is 101 Å². The molecule has 0 unspecified atom stereocenters. The Bertz CT molecular complexity index is 2130. The first-order valence-electron chi connectivity index (χ1n) is 16.9. The van der Waals surface area contributed by atoms with Gasteiger partial charge >= 0.3 is 0 Å². The molecule has 7 nitrogen and oxygen atoms in total. The molecule has 8 rings (SSSR count). The van der Waals surface area contributed by atoms with Gasteiger partial charge in [-0.15, -0.1) is 0 Å². The molecule has 1 N–H and O–H groups in total. The lowest BCUT2D eigenvalue weighted by molar-refractivity contribution is -0.135. The number of anilines is 1. The van der Waals surface area contributed by atoms with Gasteiger partial charge in [-0.05, 0) is 59.7 Å². The third-order valence-electron chi connectivity index (χ3n) is 11.3. The van der Waals surface area contributed by atoms with E-state index in [4.69, 9.17) is 4.74 Å². The van der Waals surface area contributed by atoms with E-state index in [1.54, 1.807) is 36.4 Å². The van der Waals surface area contributed by atoms with E-state index < -0.39 is 35.0 Å². The van der Waals surface area contributed by atoms with Gasteiger partial charge in [0.25, 0.3) is 0 Å². The molecule has 4 aliphatic rings. The maximum Gasteiger partial charge on any atom is 0.238 e. The number of phenols is 1. The lowest BCUT2D eigenvalue weighted by Crippen LogP contribution is -2.58. The first-order valence-corrected chi connectivity index (χ1v) is 16.9. The van der Waals surface area contributed by atoms with Crippen LogP contribution in [0.1, 0.15) is 41.0 Å². The Morgan fingerprint density at radius 3 is 2.22 bits per heavy atom. The first-order chi connectivity index (χ1) is 24.3. The van der Waals surface area contributed by atoms with Crippen LogP contribution in [0, 0.1) is 23.7 Å². The summed E-state index contributed by atoms with van der Waals surface area (Å²) in [5, 5.41) is 11.8. The summed E-state index contributed by atoms with van der Waals surface area (Å²) in [5.41, 5.74) is 2.71. The number of phenolic OH excluding ortho intramolecular Hbond substituents is 1. The van der Waals surface area contributed by atoms with Crippen molar-refractivity contribution in [3.63, 3.8) is 0 Å². The van der Waals surface area contributed by atoms with Gasteiger partial charge in [-0.2, -0.15) is 0 Å². The van der Waals surface area contributed by atoms with Crippen LogP contribution in [0.2, 0.25) is 0 Å². The van der Waals surface area contributed by atoms with Crippen LogP contribution in [0.3, 0.4) is 0 Å². The van der Waals surface area contributed by atoms with Crippen LogP contribution in [0.5, 0.6) is 11.5 Å². The second-order valence-corrected chi connectivity index (χ2v) is 13.5. The summed E-state index contributed by atoms with van der Waals surface area (Å²) in [6.07, 6.45) is 5.62. The van der Waals surface area contributed by atoms with Gasteiger partial charge in [0.2, 0.25) is 11.8 Å². The number of benzene rings is 4. The predicted molar refractivity (Wildman–Crippen MR) is 190 cm³/mol. The third kappa shape index (κ3) is 4.42. The van der Waals surface area contributed by atoms with Crippen molar-refractivity contribution in [3.05, 3.63) is 150 Å². The number of carbonyl (C=O) groups excluding carboxylic acids is 4. The Morgan fingerprint density at radius 1 is 0.840 bits per heavy atom. The van der Waals surface area contributed by atoms with E-state index in [1.165, 1.54) is 18.1 Å². The highest BCUT2D eigenvalue weighted by atomic mass is 16.5.